The van der Waals surface area contributed by atoms with Gasteiger partial charge >= 0.3 is 0 Å². The molecule has 2 aliphatic heterocycles. The van der Waals surface area contributed by atoms with Crippen LogP contribution in [0.15, 0.2) is 54.6 Å². The van der Waals surface area contributed by atoms with E-state index in [4.69, 9.17) is 4.74 Å². The molecule has 4 rings (SSSR count). The molecule has 0 bridgehead atoms. The summed E-state index contributed by atoms with van der Waals surface area (Å²) >= 11 is 0. The van der Waals surface area contributed by atoms with Gasteiger partial charge in [-0.3, -0.25) is 9.69 Å². The molecule has 1 unspecified atom stereocenters. The summed E-state index contributed by atoms with van der Waals surface area (Å²) < 4.78 is 5.26. The number of hydrogen-bond donors (Lipinski definition) is 0. The second-order valence-corrected chi connectivity index (χ2v) is 7.88. The predicted molar refractivity (Wildman–Crippen MR) is 120 cm³/mol. The summed E-state index contributed by atoms with van der Waals surface area (Å²) in [6.07, 6.45) is 2.19. The molecule has 0 saturated carbocycles. The van der Waals surface area contributed by atoms with Crippen LogP contribution in [0.5, 0.6) is 5.75 Å². The van der Waals surface area contributed by atoms with E-state index in [9.17, 15) is 4.79 Å². The number of piperidine rings is 1. The SMILES string of the molecule is COc1ccc(N2CCN(C3CCCN(C(=O)C#Cc4ccccc4)C3)CC2)cc1. The molecule has 5 heteroatoms. The van der Waals surface area contributed by atoms with Gasteiger partial charge in [-0.25, -0.2) is 0 Å². The van der Waals surface area contributed by atoms with Crippen LogP contribution < -0.4 is 9.64 Å². The second-order valence-electron chi connectivity index (χ2n) is 7.88. The minimum absolute atomic E-state index is 0.0552. The predicted octanol–water partition coefficient (Wildman–Crippen LogP) is 2.86. The molecule has 2 aromatic carbocycles. The van der Waals surface area contributed by atoms with Crippen LogP contribution in [0.3, 0.4) is 0 Å². The van der Waals surface area contributed by atoms with Gasteiger partial charge in [0.05, 0.1) is 7.11 Å². The molecule has 2 saturated heterocycles. The fourth-order valence-electron chi connectivity index (χ4n) is 4.30. The summed E-state index contributed by atoms with van der Waals surface area (Å²) in [7, 11) is 1.69. The number of likely N-dealkylation sites (tertiary alicyclic amines) is 1. The van der Waals surface area contributed by atoms with Crippen LogP contribution in [0.25, 0.3) is 0 Å². The Morgan fingerprint density at radius 3 is 2.40 bits per heavy atom. The minimum Gasteiger partial charge on any atom is -0.497 e. The van der Waals surface area contributed by atoms with Crippen LogP contribution in [0.4, 0.5) is 5.69 Å². The Bertz CT molecular complexity index is 893. The molecule has 5 nitrogen and oxygen atoms in total. The van der Waals surface area contributed by atoms with Crippen LogP contribution in [0.1, 0.15) is 18.4 Å². The van der Waals surface area contributed by atoms with Gasteiger partial charge in [-0.2, -0.15) is 0 Å². The number of ether oxygens (including phenoxy) is 1. The summed E-state index contributed by atoms with van der Waals surface area (Å²) in [6, 6.07) is 18.4. The van der Waals surface area contributed by atoms with E-state index >= 15 is 0 Å². The lowest BCUT2D eigenvalue weighted by atomic mass is 10.0. The summed E-state index contributed by atoms with van der Waals surface area (Å²) in [6.45, 7) is 5.65. The van der Waals surface area contributed by atoms with Gasteiger partial charge in [0.15, 0.2) is 0 Å². The normalized spacial score (nSPS) is 19.7. The maximum absolute atomic E-state index is 12.6. The zero-order valence-corrected chi connectivity index (χ0v) is 17.6. The van der Waals surface area contributed by atoms with Gasteiger partial charge in [0, 0.05) is 62.5 Å². The molecule has 2 aliphatic rings. The van der Waals surface area contributed by atoms with E-state index in [0.717, 1.165) is 63.4 Å². The van der Waals surface area contributed by atoms with Gasteiger partial charge in [0.25, 0.3) is 5.91 Å². The van der Waals surface area contributed by atoms with Crippen molar-refractivity contribution in [1.29, 1.82) is 0 Å². The number of benzene rings is 2. The van der Waals surface area contributed by atoms with Crippen molar-refractivity contribution in [2.75, 3.05) is 51.3 Å². The van der Waals surface area contributed by atoms with Crippen molar-refractivity contribution < 1.29 is 9.53 Å². The highest BCUT2D eigenvalue weighted by Gasteiger charge is 2.29. The Hall–Kier alpha value is -2.97. The van der Waals surface area contributed by atoms with Gasteiger partial charge in [-0.1, -0.05) is 24.1 Å². The lowest BCUT2D eigenvalue weighted by molar-refractivity contribution is -0.127. The molecular formula is C25H29N3O2. The first-order chi connectivity index (χ1) is 14.7. The van der Waals surface area contributed by atoms with Crippen LogP contribution in [-0.2, 0) is 4.79 Å². The number of nitrogens with zero attached hydrogens (tertiary/aromatic N) is 3. The quantitative estimate of drug-likeness (QED) is 0.739. The molecule has 30 heavy (non-hydrogen) atoms. The number of hydrogen-bond acceptors (Lipinski definition) is 4. The average Bonchev–Trinajstić information content (AvgIpc) is 2.83. The third kappa shape index (κ3) is 4.95. The molecule has 0 radical (unpaired) electrons. The maximum Gasteiger partial charge on any atom is 0.298 e. The third-order valence-corrected chi connectivity index (χ3v) is 6.04. The molecule has 2 fully saturated rings. The fourth-order valence-corrected chi connectivity index (χ4v) is 4.30. The van der Waals surface area contributed by atoms with E-state index in [-0.39, 0.29) is 5.91 Å². The van der Waals surface area contributed by atoms with Gasteiger partial charge in [0.2, 0.25) is 0 Å². The Kier molecular flexibility index (Phi) is 6.56. The molecule has 0 spiro atoms. The molecule has 0 aromatic heterocycles. The van der Waals surface area contributed by atoms with Crippen molar-refractivity contribution in [2.24, 2.45) is 0 Å². The third-order valence-electron chi connectivity index (χ3n) is 6.04. The molecule has 2 aromatic rings. The highest BCUT2D eigenvalue weighted by atomic mass is 16.5. The Labute approximate surface area is 179 Å². The lowest BCUT2D eigenvalue weighted by Gasteiger charge is -2.43. The van der Waals surface area contributed by atoms with E-state index in [1.165, 1.54) is 5.69 Å². The summed E-state index contributed by atoms with van der Waals surface area (Å²) in [5.74, 6) is 6.66. The molecule has 156 valence electrons. The van der Waals surface area contributed by atoms with E-state index in [1.807, 2.05) is 47.4 Å². The zero-order valence-electron chi connectivity index (χ0n) is 17.6. The first-order valence-electron chi connectivity index (χ1n) is 10.7. The first kappa shape index (κ1) is 20.3. The van der Waals surface area contributed by atoms with Gasteiger partial charge in [-0.05, 0) is 49.2 Å². The molecule has 1 amide bonds. The van der Waals surface area contributed by atoms with Crippen molar-refractivity contribution in [1.82, 2.24) is 9.80 Å². The van der Waals surface area contributed by atoms with E-state index in [2.05, 4.69) is 33.8 Å². The van der Waals surface area contributed by atoms with Gasteiger partial charge in [-0.15, -0.1) is 0 Å². The summed E-state index contributed by atoms with van der Waals surface area (Å²) in [5.41, 5.74) is 2.13. The summed E-state index contributed by atoms with van der Waals surface area (Å²) in [5, 5.41) is 0. The van der Waals surface area contributed by atoms with Crippen molar-refractivity contribution >= 4 is 11.6 Å². The zero-order chi connectivity index (χ0) is 20.8. The number of piperazine rings is 1. The Morgan fingerprint density at radius 2 is 1.70 bits per heavy atom. The first-order valence-corrected chi connectivity index (χ1v) is 10.7. The minimum atomic E-state index is -0.0552. The van der Waals surface area contributed by atoms with Crippen molar-refractivity contribution in [2.45, 2.75) is 18.9 Å². The Balaban J connectivity index is 1.31. The van der Waals surface area contributed by atoms with Gasteiger partial charge < -0.3 is 14.5 Å². The van der Waals surface area contributed by atoms with Crippen LogP contribution in [-0.4, -0.2) is 68.1 Å². The highest BCUT2D eigenvalue weighted by molar-refractivity contribution is 5.94. The second kappa shape index (κ2) is 9.69. The lowest BCUT2D eigenvalue weighted by Crippen LogP contribution is -2.55. The number of carbonyl (C=O) groups is 1. The van der Waals surface area contributed by atoms with Crippen molar-refractivity contribution in [3.8, 4) is 17.6 Å². The van der Waals surface area contributed by atoms with Crippen molar-refractivity contribution in [3.63, 3.8) is 0 Å². The number of amides is 1. The Morgan fingerprint density at radius 1 is 0.967 bits per heavy atom. The smallest absolute Gasteiger partial charge is 0.298 e. The fraction of sp³-hybridized carbons (Fsp3) is 0.400. The number of carbonyl (C=O) groups excluding carboxylic acids is 1. The van der Waals surface area contributed by atoms with Gasteiger partial charge in [0.1, 0.15) is 5.75 Å². The molecular weight excluding hydrogens is 374 g/mol. The summed E-state index contributed by atoms with van der Waals surface area (Å²) in [4.78, 5) is 19.5. The highest BCUT2D eigenvalue weighted by Crippen LogP contribution is 2.23. The van der Waals surface area contributed by atoms with Crippen LogP contribution in [0, 0.1) is 11.8 Å². The maximum atomic E-state index is 12.6. The monoisotopic (exact) mass is 403 g/mol. The van der Waals surface area contributed by atoms with E-state index in [0.29, 0.717) is 6.04 Å². The molecule has 1 atom stereocenters. The molecule has 0 aliphatic carbocycles. The average molecular weight is 404 g/mol. The number of anilines is 1. The van der Waals surface area contributed by atoms with Crippen LogP contribution in [0.2, 0.25) is 0 Å². The standard InChI is InChI=1S/C25H29N3O2/c1-30-24-12-10-22(11-13-24)26-16-18-27(19-17-26)23-8-5-15-28(20-23)25(29)14-9-21-6-3-2-4-7-21/h2-4,6-7,10-13,23H,5,8,15-20H2,1H3. The largest absolute Gasteiger partial charge is 0.497 e. The van der Waals surface area contributed by atoms with E-state index in [1.54, 1.807) is 7.11 Å². The molecule has 0 N–H and O–H groups in total. The number of rotatable bonds is 3. The number of methoxy groups -OCH3 is 1. The van der Waals surface area contributed by atoms with Crippen molar-refractivity contribution in [3.05, 3.63) is 60.2 Å². The molecule has 2 heterocycles. The van der Waals surface area contributed by atoms with E-state index < -0.39 is 0 Å². The topological polar surface area (TPSA) is 36.0 Å². The van der Waals surface area contributed by atoms with Crippen LogP contribution >= 0.6 is 0 Å².